The van der Waals surface area contributed by atoms with Crippen LogP contribution in [0.15, 0.2) is 53.1 Å². The highest BCUT2D eigenvalue weighted by Gasteiger charge is 2.35. The molecule has 1 aromatic heterocycles. The SMILES string of the molecule is CCCC[C@H](C)c1nc(-c2ccc(OC/C=C/c3ccc(C(F)(F)F)cc3)c(C(F)(F)F)c2)no1. The Bertz CT molecular complexity index is 1130. The van der Waals surface area contributed by atoms with E-state index >= 15 is 0 Å². The van der Waals surface area contributed by atoms with Gasteiger partial charge in [-0.25, -0.2) is 0 Å². The molecule has 3 rings (SSSR count). The van der Waals surface area contributed by atoms with E-state index in [0.717, 1.165) is 37.5 Å². The molecule has 0 aliphatic carbocycles. The van der Waals surface area contributed by atoms with Gasteiger partial charge in [-0.2, -0.15) is 31.3 Å². The average Bonchev–Trinajstić information content (AvgIpc) is 3.30. The molecule has 0 fully saturated rings. The summed E-state index contributed by atoms with van der Waals surface area (Å²) < 4.78 is 89.4. The second-order valence-electron chi connectivity index (χ2n) is 8.04. The molecule has 0 saturated carbocycles. The fourth-order valence-corrected chi connectivity index (χ4v) is 3.31. The van der Waals surface area contributed by atoms with E-state index in [0.29, 0.717) is 11.5 Å². The van der Waals surface area contributed by atoms with Crippen LogP contribution < -0.4 is 4.74 Å². The summed E-state index contributed by atoms with van der Waals surface area (Å²) in [7, 11) is 0. The molecule has 0 amide bonds. The lowest BCUT2D eigenvalue weighted by Gasteiger charge is -2.14. The third-order valence-electron chi connectivity index (χ3n) is 5.28. The number of unbranched alkanes of at least 4 members (excludes halogenated alkanes) is 1. The third-order valence-corrected chi connectivity index (χ3v) is 5.28. The molecule has 0 N–H and O–H groups in total. The van der Waals surface area contributed by atoms with E-state index in [-0.39, 0.29) is 23.9 Å². The largest absolute Gasteiger partial charge is 0.489 e. The van der Waals surface area contributed by atoms with Gasteiger partial charge in [-0.05, 0) is 48.4 Å². The topological polar surface area (TPSA) is 48.2 Å². The summed E-state index contributed by atoms with van der Waals surface area (Å²) in [6.07, 6.45) is -3.45. The van der Waals surface area contributed by atoms with Crippen LogP contribution in [0.25, 0.3) is 17.5 Å². The van der Waals surface area contributed by atoms with Gasteiger partial charge in [0.25, 0.3) is 0 Å². The van der Waals surface area contributed by atoms with Crippen LogP contribution >= 0.6 is 0 Å². The zero-order valence-corrected chi connectivity index (χ0v) is 19.1. The minimum atomic E-state index is -4.69. The van der Waals surface area contributed by atoms with Gasteiger partial charge in [-0.3, -0.25) is 0 Å². The standard InChI is InChI=1S/C25H24F6N2O2/c1-3-4-6-16(2)23-32-22(33-35-23)18-10-13-21(20(15-18)25(29,30)31)34-14-5-7-17-8-11-19(12-9-17)24(26,27)28/h5,7-13,15-16H,3-4,6,14H2,1-2H3/b7-5+/t16-/m0/s1. The molecule has 0 radical (unpaired) electrons. The zero-order chi connectivity index (χ0) is 25.6. The molecule has 0 saturated heterocycles. The Morgan fingerprint density at radius 1 is 1.00 bits per heavy atom. The maximum atomic E-state index is 13.7. The summed E-state index contributed by atoms with van der Waals surface area (Å²) in [4.78, 5) is 4.25. The lowest BCUT2D eigenvalue weighted by atomic mass is 10.0. The minimum Gasteiger partial charge on any atom is -0.489 e. The zero-order valence-electron chi connectivity index (χ0n) is 19.1. The molecule has 10 heteroatoms. The first-order chi connectivity index (χ1) is 16.5. The van der Waals surface area contributed by atoms with Crippen LogP contribution in [0.1, 0.15) is 61.6 Å². The number of halogens is 6. The van der Waals surface area contributed by atoms with Crippen LogP contribution in [0.4, 0.5) is 26.3 Å². The smallest absolute Gasteiger partial charge is 0.419 e. The van der Waals surface area contributed by atoms with Gasteiger partial charge < -0.3 is 9.26 Å². The van der Waals surface area contributed by atoms with Gasteiger partial charge >= 0.3 is 12.4 Å². The lowest BCUT2D eigenvalue weighted by molar-refractivity contribution is -0.139. The number of aromatic nitrogens is 2. The summed E-state index contributed by atoms with van der Waals surface area (Å²) in [5.41, 5.74) is -1.19. The van der Waals surface area contributed by atoms with Crippen molar-refractivity contribution < 1.29 is 35.6 Å². The maximum absolute atomic E-state index is 13.7. The average molecular weight is 498 g/mol. The fourth-order valence-electron chi connectivity index (χ4n) is 3.31. The van der Waals surface area contributed by atoms with Crippen LogP contribution in [0.5, 0.6) is 5.75 Å². The van der Waals surface area contributed by atoms with Gasteiger partial charge in [0.1, 0.15) is 12.4 Å². The van der Waals surface area contributed by atoms with Gasteiger partial charge in [0.05, 0.1) is 11.1 Å². The maximum Gasteiger partial charge on any atom is 0.419 e. The Morgan fingerprint density at radius 3 is 2.34 bits per heavy atom. The first-order valence-corrected chi connectivity index (χ1v) is 11.0. The van der Waals surface area contributed by atoms with Crippen molar-refractivity contribution in [3.05, 3.63) is 71.1 Å². The molecule has 3 aromatic rings. The summed E-state index contributed by atoms with van der Waals surface area (Å²) in [6, 6.07) is 7.87. The number of nitrogens with zero attached hydrogens (tertiary/aromatic N) is 2. The van der Waals surface area contributed by atoms with Crippen molar-refractivity contribution >= 4 is 6.08 Å². The highest BCUT2D eigenvalue weighted by atomic mass is 19.4. The second kappa shape index (κ2) is 11.0. The number of benzene rings is 2. The number of rotatable bonds is 9. The quantitative estimate of drug-likeness (QED) is 0.279. The van der Waals surface area contributed by atoms with Crippen molar-refractivity contribution in [2.24, 2.45) is 0 Å². The Hall–Kier alpha value is -3.30. The van der Waals surface area contributed by atoms with Crippen molar-refractivity contribution in [3.8, 4) is 17.1 Å². The molecule has 0 aliphatic rings. The van der Waals surface area contributed by atoms with Gasteiger partial charge in [-0.1, -0.05) is 50.1 Å². The van der Waals surface area contributed by atoms with Crippen LogP contribution in [-0.2, 0) is 12.4 Å². The Labute approximate surface area is 198 Å². The van der Waals surface area contributed by atoms with Crippen molar-refractivity contribution in [1.82, 2.24) is 10.1 Å². The number of hydrogen-bond donors (Lipinski definition) is 0. The van der Waals surface area contributed by atoms with E-state index < -0.39 is 29.2 Å². The molecule has 1 heterocycles. The van der Waals surface area contributed by atoms with Crippen molar-refractivity contribution in [2.45, 2.75) is 51.4 Å². The first-order valence-electron chi connectivity index (χ1n) is 11.0. The number of hydrogen-bond acceptors (Lipinski definition) is 4. The molecule has 0 spiro atoms. The molecular formula is C25H24F6N2O2. The van der Waals surface area contributed by atoms with Crippen molar-refractivity contribution in [1.29, 1.82) is 0 Å². The molecule has 1 atom stereocenters. The second-order valence-corrected chi connectivity index (χ2v) is 8.04. The van der Waals surface area contributed by atoms with E-state index in [1.165, 1.54) is 36.4 Å². The van der Waals surface area contributed by atoms with Crippen LogP contribution in [0.2, 0.25) is 0 Å². The molecule has 188 valence electrons. The van der Waals surface area contributed by atoms with Crippen LogP contribution in [0.3, 0.4) is 0 Å². The summed E-state index contributed by atoms with van der Waals surface area (Å²) in [5.74, 6) is 0.0361. The van der Waals surface area contributed by atoms with Crippen LogP contribution in [0, 0.1) is 0 Å². The number of ether oxygens (including phenoxy) is 1. The highest BCUT2D eigenvalue weighted by molar-refractivity contribution is 5.59. The highest BCUT2D eigenvalue weighted by Crippen LogP contribution is 2.38. The molecular weight excluding hydrogens is 474 g/mol. The van der Waals surface area contributed by atoms with E-state index in [1.807, 2.05) is 6.92 Å². The van der Waals surface area contributed by atoms with Crippen LogP contribution in [-0.4, -0.2) is 16.7 Å². The van der Waals surface area contributed by atoms with E-state index in [1.54, 1.807) is 0 Å². The minimum absolute atomic E-state index is 0.00246. The normalized spacial score (nSPS) is 13.4. The van der Waals surface area contributed by atoms with Crippen molar-refractivity contribution in [3.63, 3.8) is 0 Å². The predicted octanol–water partition coefficient (Wildman–Crippen LogP) is 8.16. The van der Waals surface area contributed by atoms with Gasteiger partial charge in [0.15, 0.2) is 0 Å². The molecule has 0 unspecified atom stereocenters. The Kier molecular flexibility index (Phi) is 8.24. The summed E-state index contributed by atoms with van der Waals surface area (Å²) in [6.45, 7) is 3.76. The molecule has 35 heavy (non-hydrogen) atoms. The fraction of sp³-hybridized carbons (Fsp3) is 0.360. The monoisotopic (exact) mass is 498 g/mol. The molecule has 0 aliphatic heterocycles. The van der Waals surface area contributed by atoms with Crippen molar-refractivity contribution in [2.75, 3.05) is 6.61 Å². The van der Waals surface area contributed by atoms with E-state index in [9.17, 15) is 26.3 Å². The summed E-state index contributed by atoms with van der Waals surface area (Å²) >= 11 is 0. The lowest BCUT2D eigenvalue weighted by Crippen LogP contribution is -2.09. The van der Waals surface area contributed by atoms with Gasteiger partial charge in [0, 0.05) is 11.5 Å². The van der Waals surface area contributed by atoms with Gasteiger partial charge in [-0.15, -0.1) is 0 Å². The third kappa shape index (κ3) is 7.10. The molecule has 0 bridgehead atoms. The van der Waals surface area contributed by atoms with Gasteiger partial charge in [0.2, 0.25) is 11.7 Å². The van der Waals surface area contributed by atoms with E-state index in [4.69, 9.17) is 9.26 Å². The number of alkyl halides is 6. The van der Waals surface area contributed by atoms with E-state index in [2.05, 4.69) is 17.1 Å². The molecule has 4 nitrogen and oxygen atoms in total. The molecule has 2 aromatic carbocycles. The predicted molar refractivity (Wildman–Crippen MR) is 119 cm³/mol. The summed E-state index contributed by atoms with van der Waals surface area (Å²) in [5, 5.41) is 3.82. The Balaban J connectivity index is 1.72. The Morgan fingerprint density at radius 2 is 1.71 bits per heavy atom. The first kappa shape index (κ1) is 26.3.